The fraction of sp³-hybridized carbons (Fsp3) is 0.343. The number of halogens is 3. The number of nitrogens with zero attached hydrogens (tertiary/aromatic N) is 2. The van der Waals surface area contributed by atoms with Gasteiger partial charge < -0.3 is 9.69 Å². The average molecular weight is 686 g/mol. The lowest BCUT2D eigenvalue weighted by Gasteiger charge is -2.26. The molecule has 0 saturated carbocycles. The Morgan fingerprint density at radius 1 is 0.766 bits per heavy atom. The van der Waals surface area contributed by atoms with Crippen molar-refractivity contribution in [2.24, 2.45) is 0 Å². The third-order valence-electron chi connectivity index (χ3n) is 7.73. The Hall–Kier alpha value is -4.12. The molecule has 3 aromatic carbocycles. The molecule has 0 bridgehead atoms. The van der Waals surface area contributed by atoms with E-state index in [2.05, 4.69) is 15.5 Å². The van der Waals surface area contributed by atoms with Crippen LogP contribution in [0.5, 0.6) is 0 Å². The highest BCUT2D eigenvalue weighted by molar-refractivity contribution is 6.35. The van der Waals surface area contributed by atoms with E-state index in [0.717, 1.165) is 17.7 Å². The van der Waals surface area contributed by atoms with Crippen molar-refractivity contribution in [1.82, 2.24) is 20.4 Å². The first-order valence-electron chi connectivity index (χ1n) is 15.3. The molecule has 3 fully saturated rings. The molecular weight excluding hydrogens is 646 g/mol. The molecule has 5 amide bonds. The summed E-state index contributed by atoms with van der Waals surface area (Å²) in [6.45, 7) is 6.13. The number of nitrogens with one attached hydrogen (secondary N) is 2. The Morgan fingerprint density at radius 3 is 2.04 bits per heavy atom. The summed E-state index contributed by atoms with van der Waals surface area (Å²) >= 11 is 11.8. The van der Waals surface area contributed by atoms with Crippen LogP contribution in [0, 0.1) is 5.82 Å². The Morgan fingerprint density at radius 2 is 1.43 bits per heavy atom. The van der Waals surface area contributed by atoms with Crippen molar-refractivity contribution in [1.29, 1.82) is 0 Å². The molecule has 0 spiro atoms. The maximum absolute atomic E-state index is 12.7. The number of rotatable bonds is 5. The Labute approximate surface area is 284 Å². The second kappa shape index (κ2) is 19.5. The van der Waals surface area contributed by atoms with Crippen LogP contribution in [0.15, 0.2) is 72.8 Å². The molecule has 6 rings (SSSR count). The second-order valence-electron chi connectivity index (χ2n) is 11.1. The summed E-state index contributed by atoms with van der Waals surface area (Å²) in [7, 11) is 0. The SMILES string of the molecule is C=O.Fc1ccc(CN2CCCCC2)cc1.O=C1CCC(c2ccccc2)C(=O)N1.O=C1CCN(Cc2ccc(Cl)cc2Cl)C(=O)N1. The van der Waals surface area contributed by atoms with Gasteiger partial charge in [0.1, 0.15) is 12.6 Å². The molecule has 0 radical (unpaired) electrons. The van der Waals surface area contributed by atoms with Gasteiger partial charge in [0.2, 0.25) is 17.7 Å². The van der Waals surface area contributed by atoms with Crippen molar-refractivity contribution in [2.45, 2.75) is 57.5 Å². The van der Waals surface area contributed by atoms with Gasteiger partial charge in [-0.2, -0.15) is 0 Å². The van der Waals surface area contributed by atoms with Crippen molar-refractivity contribution in [3.05, 3.63) is 105 Å². The number of carbonyl (C=O) groups excluding carboxylic acids is 5. The first kappa shape index (κ1) is 37.3. The number of amides is 5. The Balaban J connectivity index is 0.000000188. The Bertz CT molecular complexity index is 1490. The third kappa shape index (κ3) is 12.5. The van der Waals surface area contributed by atoms with Crippen LogP contribution in [0.2, 0.25) is 10.0 Å². The molecule has 9 nitrogen and oxygen atoms in total. The van der Waals surface area contributed by atoms with Gasteiger partial charge in [-0.05, 0) is 73.3 Å². The lowest BCUT2D eigenvalue weighted by atomic mass is 9.91. The minimum absolute atomic E-state index is 0.146. The molecule has 3 heterocycles. The van der Waals surface area contributed by atoms with E-state index in [1.165, 1.54) is 42.8 Å². The molecule has 3 aliphatic rings. The summed E-state index contributed by atoms with van der Waals surface area (Å²) in [6, 6.07) is 21.1. The first-order valence-corrected chi connectivity index (χ1v) is 16.1. The molecule has 3 saturated heterocycles. The summed E-state index contributed by atoms with van der Waals surface area (Å²) in [4.78, 5) is 56.9. The predicted octanol–water partition coefficient (Wildman–Crippen LogP) is 6.27. The number of carbonyl (C=O) groups is 5. The summed E-state index contributed by atoms with van der Waals surface area (Å²) < 4.78 is 12.7. The molecule has 1 atom stereocenters. The molecule has 1 unspecified atom stereocenters. The normalized spacial score (nSPS) is 17.9. The molecular formula is C35H39Cl2FN4O5. The van der Waals surface area contributed by atoms with E-state index in [-0.39, 0.29) is 35.5 Å². The molecule has 0 aromatic heterocycles. The van der Waals surface area contributed by atoms with Crippen LogP contribution in [0.3, 0.4) is 0 Å². The number of likely N-dealkylation sites (tertiary alicyclic amines) is 1. The van der Waals surface area contributed by atoms with Crippen molar-refractivity contribution >= 4 is 53.7 Å². The van der Waals surface area contributed by atoms with Crippen LogP contribution >= 0.6 is 23.2 Å². The van der Waals surface area contributed by atoms with E-state index in [1.807, 2.05) is 49.3 Å². The largest absolute Gasteiger partial charge is 0.324 e. The maximum Gasteiger partial charge on any atom is 0.324 e. The summed E-state index contributed by atoms with van der Waals surface area (Å²) in [5, 5.41) is 5.68. The highest BCUT2D eigenvalue weighted by Crippen LogP contribution is 2.24. The van der Waals surface area contributed by atoms with Gasteiger partial charge in [-0.15, -0.1) is 0 Å². The smallest absolute Gasteiger partial charge is 0.320 e. The van der Waals surface area contributed by atoms with Gasteiger partial charge in [0, 0.05) is 42.5 Å². The molecule has 12 heteroatoms. The quantitative estimate of drug-likeness (QED) is 0.306. The van der Waals surface area contributed by atoms with Crippen LogP contribution in [0.4, 0.5) is 9.18 Å². The zero-order chi connectivity index (χ0) is 34.2. The Kier molecular flexibility index (Phi) is 15.5. The van der Waals surface area contributed by atoms with Gasteiger partial charge in [0.05, 0.1) is 5.92 Å². The van der Waals surface area contributed by atoms with Crippen molar-refractivity contribution in [3.63, 3.8) is 0 Å². The van der Waals surface area contributed by atoms with Gasteiger partial charge in [-0.1, -0.05) is 78.2 Å². The number of hydrogen-bond donors (Lipinski definition) is 2. The van der Waals surface area contributed by atoms with E-state index in [4.69, 9.17) is 28.0 Å². The molecule has 3 aromatic rings. The van der Waals surface area contributed by atoms with E-state index < -0.39 is 0 Å². The summed E-state index contributed by atoms with van der Waals surface area (Å²) in [5.74, 6) is -0.885. The van der Waals surface area contributed by atoms with Gasteiger partial charge >= 0.3 is 6.03 Å². The van der Waals surface area contributed by atoms with Crippen LogP contribution in [-0.2, 0) is 32.3 Å². The number of hydrogen-bond acceptors (Lipinski definition) is 6. The molecule has 0 aliphatic carbocycles. The molecule has 2 N–H and O–H groups in total. The third-order valence-corrected chi connectivity index (χ3v) is 8.31. The lowest BCUT2D eigenvalue weighted by molar-refractivity contribution is -0.134. The van der Waals surface area contributed by atoms with E-state index >= 15 is 0 Å². The summed E-state index contributed by atoms with van der Waals surface area (Å²) in [5.41, 5.74) is 3.01. The molecule has 3 aliphatic heterocycles. The van der Waals surface area contributed by atoms with E-state index in [0.29, 0.717) is 42.4 Å². The molecule has 47 heavy (non-hydrogen) atoms. The zero-order valence-electron chi connectivity index (χ0n) is 26.1. The topological polar surface area (TPSA) is 116 Å². The van der Waals surface area contributed by atoms with E-state index in [1.54, 1.807) is 30.3 Å². The molecule has 250 valence electrons. The van der Waals surface area contributed by atoms with Crippen molar-refractivity contribution in [2.75, 3.05) is 19.6 Å². The van der Waals surface area contributed by atoms with Gasteiger partial charge in [0.15, 0.2) is 0 Å². The van der Waals surface area contributed by atoms with Crippen molar-refractivity contribution in [3.8, 4) is 0 Å². The number of benzene rings is 3. The minimum atomic E-state index is -0.382. The van der Waals surface area contributed by atoms with Crippen LogP contribution in [0.1, 0.15) is 61.1 Å². The van der Waals surface area contributed by atoms with Crippen molar-refractivity contribution < 1.29 is 28.4 Å². The van der Waals surface area contributed by atoms with Crippen LogP contribution in [-0.4, -0.2) is 60.0 Å². The fourth-order valence-corrected chi connectivity index (χ4v) is 5.74. The monoisotopic (exact) mass is 684 g/mol. The summed E-state index contributed by atoms with van der Waals surface area (Å²) in [6.07, 6.45) is 5.35. The minimum Gasteiger partial charge on any atom is -0.320 e. The maximum atomic E-state index is 12.7. The first-order chi connectivity index (χ1) is 22.7. The van der Waals surface area contributed by atoms with Crippen LogP contribution < -0.4 is 10.6 Å². The highest BCUT2D eigenvalue weighted by Gasteiger charge is 2.27. The number of imide groups is 2. The number of piperidine rings is 2. The zero-order valence-corrected chi connectivity index (χ0v) is 27.6. The van der Waals surface area contributed by atoms with Gasteiger partial charge in [-0.3, -0.25) is 29.9 Å². The van der Waals surface area contributed by atoms with Crippen LogP contribution in [0.25, 0.3) is 0 Å². The fourth-order valence-electron chi connectivity index (χ4n) is 5.27. The van der Waals surface area contributed by atoms with E-state index in [9.17, 15) is 23.6 Å². The average Bonchev–Trinajstić information content (AvgIpc) is 3.07. The van der Waals surface area contributed by atoms with Gasteiger partial charge in [-0.25, -0.2) is 9.18 Å². The highest BCUT2D eigenvalue weighted by atomic mass is 35.5. The van der Waals surface area contributed by atoms with Gasteiger partial charge in [0.25, 0.3) is 0 Å². The lowest BCUT2D eigenvalue weighted by Crippen LogP contribution is -2.48. The second-order valence-corrected chi connectivity index (χ2v) is 12.0. The standard InChI is InChI=1S/C12H16FN.C11H10Cl2N2O2.C11H11NO2.CH2O/c13-12-6-4-11(5-7-12)10-14-8-2-1-3-9-14;12-8-2-1-7(9(13)5-8)6-15-4-3-10(16)14-11(15)17;13-10-7-6-9(11(14)12-10)8-4-2-1-3-5-8;1-2/h4-7H,1-3,8-10H2;1-2,5H,3-4,6H2,(H,14,16,17);1-5,9H,6-7H2,(H,12,13,14);1H2. The number of urea groups is 1. The predicted molar refractivity (Wildman–Crippen MR) is 179 cm³/mol.